The minimum Gasteiger partial charge on any atom is -0.0671 e. The highest BCUT2D eigenvalue weighted by Crippen LogP contribution is 2.32. The molecule has 0 nitrogen and oxygen atoms in total. The maximum absolute atomic E-state index is 4.50. The summed E-state index contributed by atoms with van der Waals surface area (Å²) in [5.41, 5.74) is 0. The third-order valence-electron chi connectivity index (χ3n) is 5.31. The average molecular weight is 401 g/mol. The fourth-order valence-corrected chi connectivity index (χ4v) is 17.6. The molecule has 0 saturated heterocycles. The van der Waals surface area contributed by atoms with E-state index < -0.39 is 26.4 Å². The van der Waals surface area contributed by atoms with Crippen LogP contribution < -0.4 is 15.6 Å². The van der Waals surface area contributed by atoms with Crippen LogP contribution in [-0.2, 0) is 0 Å². The summed E-state index contributed by atoms with van der Waals surface area (Å²) in [4.78, 5) is 0. The van der Waals surface area contributed by atoms with E-state index in [4.69, 9.17) is 0 Å². The summed E-state index contributed by atoms with van der Waals surface area (Å²) in [5, 5.41) is 4.56. The highest BCUT2D eigenvalue weighted by Gasteiger charge is 2.46. The summed E-state index contributed by atoms with van der Waals surface area (Å²) in [5.74, 6) is 0. The number of rotatable bonds is 6. The predicted octanol–water partition coefficient (Wildman–Crippen LogP) is 3.03. The van der Waals surface area contributed by atoms with E-state index in [1.807, 2.05) is 0 Å². The molecule has 0 bridgehead atoms. The molecule has 0 spiro atoms. The Bertz CT molecular complexity index is 694. The molecular weight excluding hydrogens is 377 g/mol. The first-order valence-corrected chi connectivity index (χ1v) is 15.5. The second kappa shape index (κ2) is 8.48. The van der Waals surface area contributed by atoms with E-state index >= 15 is 0 Å². The van der Waals surface area contributed by atoms with Gasteiger partial charge in [-0.15, -0.1) is 0 Å². The van der Waals surface area contributed by atoms with Crippen molar-refractivity contribution < 1.29 is 0 Å². The van der Waals surface area contributed by atoms with E-state index in [0.29, 0.717) is 0 Å². The van der Waals surface area contributed by atoms with Gasteiger partial charge >= 0.3 is 0 Å². The molecule has 3 aromatic carbocycles. The fraction of sp³-hybridized carbons (Fsp3) is 0.182. The van der Waals surface area contributed by atoms with Crippen molar-refractivity contribution >= 4 is 52.2 Å². The maximum Gasteiger partial charge on any atom is 0.0801 e. The zero-order valence-corrected chi connectivity index (χ0v) is 19.7. The fourth-order valence-electron chi connectivity index (χ4n) is 3.56. The first-order chi connectivity index (χ1) is 12.5. The van der Waals surface area contributed by atoms with Gasteiger partial charge < -0.3 is 0 Å². The van der Waals surface area contributed by atoms with Crippen LogP contribution in [0, 0.1) is 0 Å². The third kappa shape index (κ3) is 3.78. The van der Waals surface area contributed by atoms with Gasteiger partial charge in [0.15, 0.2) is 0 Å². The summed E-state index contributed by atoms with van der Waals surface area (Å²) in [6, 6.07) is 33.4. The van der Waals surface area contributed by atoms with Crippen LogP contribution in [0.15, 0.2) is 91.0 Å². The molecule has 0 N–H and O–H groups in total. The lowest BCUT2D eigenvalue weighted by atomic mass is 10.4. The summed E-state index contributed by atoms with van der Waals surface area (Å²) < 4.78 is 0.198. The molecule has 0 saturated carbocycles. The van der Waals surface area contributed by atoms with Gasteiger partial charge in [-0.2, -0.15) is 0 Å². The quantitative estimate of drug-likeness (QED) is 0.558. The molecule has 4 heteroatoms. The lowest BCUT2D eigenvalue weighted by Gasteiger charge is -2.44. The van der Waals surface area contributed by atoms with Crippen LogP contribution in [0.2, 0.25) is 23.5 Å². The molecule has 0 fully saturated rings. The monoisotopic (exact) mass is 400 g/mol. The number of benzene rings is 3. The van der Waals surface area contributed by atoms with Gasteiger partial charge in [-0.1, -0.05) is 126 Å². The van der Waals surface area contributed by atoms with Gasteiger partial charge in [0.05, 0.1) is 26.4 Å². The van der Waals surface area contributed by atoms with Crippen molar-refractivity contribution in [3.63, 3.8) is 0 Å². The van der Waals surface area contributed by atoms with E-state index in [9.17, 15) is 0 Å². The first-order valence-electron chi connectivity index (χ1n) is 8.98. The van der Waals surface area contributed by atoms with Gasteiger partial charge in [0.25, 0.3) is 0 Å². The minimum atomic E-state index is -0.792. The molecule has 128 valence electrons. The van der Waals surface area contributed by atoms with E-state index in [0.717, 1.165) is 0 Å². The van der Waals surface area contributed by atoms with Gasteiger partial charge in [0, 0.05) is 10.2 Å². The van der Waals surface area contributed by atoms with Crippen LogP contribution in [0.25, 0.3) is 0 Å². The molecule has 26 heavy (non-hydrogen) atoms. The third-order valence-corrected chi connectivity index (χ3v) is 22.4. The normalized spacial score (nSPS) is 12.1. The van der Waals surface area contributed by atoms with Crippen molar-refractivity contribution in [1.82, 2.24) is 0 Å². The summed E-state index contributed by atoms with van der Waals surface area (Å²) in [7, 11) is 2.12. The molecule has 3 aromatic rings. The van der Waals surface area contributed by atoms with Gasteiger partial charge in [0.2, 0.25) is 0 Å². The van der Waals surface area contributed by atoms with Crippen LogP contribution in [0.4, 0.5) is 0 Å². The van der Waals surface area contributed by atoms with E-state index in [1.54, 1.807) is 0 Å². The van der Waals surface area contributed by atoms with Gasteiger partial charge in [-0.25, -0.2) is 0 Å². The summed E-state index contributed by atoms with van der Waals surface area (Å²) in [6.45, 7) is 7.50. The molecule has 0 aliphatic heterocycles. The zero-order chi connectivity index (χ0) is 18.6. The molecule has 0 atom stereocenters. The van der Waals surface area contributed by atoms with Crippen LogP contribution >= 0.6 is 0 Å². The Morgan fingerprint density at radius 3 is 0.962 bits per heavy atom. The molecule has 0 aliphatic rings. The largest absolute Gasteiger partial charge is 0.0801 e. The van der Waals surface area contributed by atoms with Crippen molar-refractivity contribution in [3.8, 4) is 0 Å². The Balaban J connectivity index is 2.09. The van der Waals surface area contributed by atoms with Crippen molar-refractivity contribution in [2.75, 3.05) is 0 Å². The Morgan fingerprint density at radius 2 is 0.731 bits per heavy atom. The molecular formula is C22H24Si4. The van der Waals surface area contributed by atoms with E-state index in [1.165, 1.54) is 15.6 Å². The minimum absolute atomic E-state index is 0.198. The highest BCUT2D eigenvalue weighted by molar-refractivity contribution is 7.15. The Labute approximate surface area is 166 Å². The molecule has 0 heterocycles. The summed E-state index contributed by atoms with van der Waals surface area (Å²) in [6.07, 6.45) is 0. The molecule has 0 aromatic heterocycles. The molecule has 0 unspecified atom stereocenters. The van der Waals surface area contributed by atoms with E-state index in [2.05, 4.69) is 121 Å². The van der Waals surface area contributed by atoms with Crippen LogP contribution in [-0.4, -0.2) is 36.6 Å². The SMILES string of the molecule is C[Si](c1ccccc1)C([Si])([Si](C)c1ccccc1)[Si](C)c1ccccc1. The standard InChI is InChI=1S/C22H24Si4/c1-24(19-13-7-4-8-14-19)22(23,25(2)20-15-9-5-10-16-20)26(3)21-17-11-6-12-18-21/h4-18H,1-3H3. The molecule has 0 aliphatic carbocycles. The number of hydrogen-bond acceptors (Lipinski definition) is 0. The smallest absolute Gasteiger partial charge is 0.0671 e. The molecule has 6 radical (unpaired) electrons. The number of hydrogen-bond donors (Lipinski definition) is 0. The first kappa shape index (κ1) is 19.3. The lowest BCUT2D eigenvalue weighted by molar-refractivity contribution is 1.43. The van der Waals surface area contributed by atoms with Crippen molar-refractivity contribution in [2.24, 2.45) is 0 Å². The summed E-state index contributed by atoms with van der Waals surface area (Å²) >= 11 is 0. The highest BCUT2D eigenvalue weighted by atomic mass is 28.4. The Morgan fingerprint density at radius 1 is 0.500 bits per heavy atom. The van der Waals surface area contributed by atoms with Gasteiger partial charge in [-0.05, 0) is 3.91 Å². The second-order valence-electron chi connectivity index (χ2n) is 6.72. The lowest BCUT2D eigenvalue weighted by Crippen LogP contribution is -2.63. The molecule has 3 rings (SSSR count). The van der Waals surface area contributed by atoms with Crippen molar-refractivity contribution in [1.29, 1.82) is 0 Å². The maximum atomic E-state index is 4.50. The molecule has 0 amide bonds. The second-order valence-corrected chi connectivity index (χ2v) is 18.2. The zero-order valence-electron chi connectivity index (χ0n) is 15.7. The van der Waals surface area contributed by atoms with Crippen LogP contribution in [0.1, 0.15) is 0 Å². The predicted molar refractivity (Wildman–Crippen MR) is 122 cm³/mol. The van der Waals surface area contributed by atoms with Crippen molar-refractivity contribution in [3.05, 3.63) is 91.0 Å². The van der Waals surface area contributed by atoms with Crippen molar-refractivity contribution in [2.45, 2.75) is 23.5 Å². The van der Waals surface area contributed by atoms with Crippen LogP contribution in [0.5, 0.6) is 0 Å². The van der Waals surface area contributed by atoms with Gasteiger partial charge in [-0.3, -0.25) is 0 Å². The van der Waals surface area contributed by atoms with Gasteiger partial charge in [0.1, 0.15) is 0 Å². The Kier molecular flexibility index (Phi) is 6.29. The van der Waals surface area contributed by atoms with Crippen LogP contribution in [0.3, 0.4) is 0 Å². The average Bonchev–Trinajstić information content (AvgIpc) is 2.73. The topological polar surface area (TPSA) is 0 Å². The van der Waals surface area contributed by atoms with E-state index in [-0.39, 0.29) is 3.91 Å². The Hall–Kier alpha value is -1.47.